The van der Waals surface area contributed by atoms with Crippen molar-refractivity contribution in [3.05, 3.63) is 0 Å². The van der Waals surface area contributed by atoms with Gasteiger partial charge < -0.3 is 5.73 Å². The van der Waals surface area contributed by atoms with Crippen LogP contribution in [0.2, 0.25) is 0 Å². The molecule has 0 unspecified atom stereocenters. The predicted molar refractivity (Wildman–Crippen MR) is 45.1 cm³/mol. The van der Waals surface area contributed by atoms with Gasteiger partial charge in [0.05, 0.1) is 0 Å². The maximum Gasteiger partial charge on any atom is 0.249 e. The van der Waals surface area contributed by atoms with Crippen LogP contribution in [0.5, 0.6) is 0 Å². The molecule has 70 valence electrons. The van der Waals surface area contributed by atoms with E-state index in [1.807, 2.05) is 5.43 Å². The number of carbonyl (C=O) groups is 2. The Morgan fingerprint density at radius 1 is 1.33 bits per heavy atom. The molecule has 0 aromatic carbocycles. The van der Waals surface area contributed by atoms with Crippen LogP contribution in [-0.4, -0.2) is 11.8 Å². The number of nitrogens with one attached hydrogen (secondary N) is 1. The molecule has 5 N–H and O–H groups in total. The second-order valence-electron chi connectivity index (χ2n) is 2.77. The first kappa shape index (κ1) is 11.2. The van der Waals surface area contributed by atoms with Gasteiger partial charge in [-0.05, 0) is 12.8 Å². The molecule has 2 amide bonds. The summed E-state index contributed by atoms with van der Waals surface area (Å²) in [6.07, 6.45) is 1.90. The zero-order valence-electron chi connectivity index (χ0n) is 6.50. The molecule has 5 nitrogen and oxygen atoms in total. The van der Waals surface area contributed by atoms with Gasteiger partial charge in [-0.25, -0.2) is 5.84 Å². The van der Waals surface area contributed by atoms with Crippen molar-refractivity contribution >= 4 is 24.2 Å². The van der Waals surface area contributed by atoms with Crippen LogP contribution in [0.4, 0.5) is 0 Å². The molecule has 6 heteroatoms. The molecule has 1 fully saturated rings. The number of hydrogen-bond acceptors (Lipinski definition) is 3. The van der Waals surface area contributed by atoms with Crippen LogP contribution in [0.3, 0.4) is 0 Å². The fourth-order valence-corrected chi connectivity index (χ4v) is 1.25. The summed E-state index contributed by atoms with van der Waals surface area (Å²) >= 11 is 0. The first-order chi connectivity index (χ1) is 5.13. The summed E-state index contributed by atoms with van der Waals surface area (Å²) in [5.74, 6) is 3.86. The molecule has 0 spiro atoms. The van der Waals surface area contributed by atoms with Gasteiger partial charge in [0.15, 0.2) is 0 Å². The van der Waals surface area contributed by atoms with E-state index in [9.17, 15) is 9.59 Å². The van der Waals surface area contributed by atoms with Crippen molar-refractivity contribution in [3.8, 4) is 0 Å². The van der Waals surface area contributed by atoms with E-state index in [0.717, 1.165) is 6.42 Å². The number of carbonyl (C=O) groups excluding carboxylic acids is 2. The van der Waals surface area contributed by atoms with Gasteiger partial charge >= 0.3 is 0 Å². The highest BCUT2D eigenvalue weighted by Crippen LogP contribution is 2.40. The topological polar surface area (TPSA) is 98.2 Å². The zero-order chi connectivity index (χ0) is 8.48. The van der Waals surface area contributed by atoms with Gasteiger partial charge in [-0.3, -0.25) is 15.0 Å². The molecular weight excluding hydrogens is 182 g/mol. The average Bonchev–Trinajstić information content (AvgIpc) is 1.84. The SMILES string of the molecule is Cl.NNC(=O)C1(C(N)=O)CCC1. The molecule has 0 aromatic heterocycles. The lowest BCUT2D eigenvalue weighted by Crippen LogP contribution is -2.55. The van der Waals surface area contributed by atoms with E-state index in [1.54, 1.807) is 0 Å². The number of nitrogens with two attached hydrogens (primary N) is 2. The molecule has 0 bridgehead atoms. The van der Waals surface area contributed by atoms with Gasteiger partial charge in [-0.15, -0.1) is 12.4 Å². The van der Waals surface area contributed by atoms with Gasteiger partial charge in [-0.1, -0.05) is 6.42 Å². The molecule has 12 heavy (non-hydrogen) atoms. The smallest absolute Gasteiger partial charge is 0.249 e. The lowest BCUT2D eigenvalue weighted by Gasteiger charge is -2.36. The first-order valence-electron chi connectivity index (χ1n) is 3.44. The molecule has 0 heterocycles. The van der Waals surface area contributed by atoms with Crippen LogP contribution >= 0.6 is 12.4 Å². The van der Waals surface area contributed by atoms with E-state index in [0.29, 0.717) is 12.8 Å². The maximum atomic E-state index is 11.0. The molecule has 1 aliphatic rings. The quantitative estimate of drug-likeness (QED) is 0.228. The fourth-order valence-electron chi connectivity index (χ4n) is 1.25. The first-order valence-corrected chi connectivity index (χ1v) is 3.44. The highest BCUT2D eigenvalue weighted by Gasteiger charge is 2.49. The molecule has 1 rings (SSSR count). The third kappa shape index (κ3) is 1.37. The van der Waals surface area contributed by atoms with E-state index in [-0.39, 0.29) is 12.4 Å². The number of hydrogen-bond donors (Lipinski definition) is 3. The minimum atomic E-state index is -1.01. The highest BCUT2D eigenvalue weighted by molar-refractivity contribution is 6.05. The Labute approximate surface area is 76.2 Å². The van der Waals surface area contributed by atoms with E-state index >= 15 is 0 Å². The third-order valence-electron chi connectivity index (χ3n) is 2.24. The Balaban J connectivity index is 0.00000121. The summed E-state index contributed by atoms with van der Waals surface area (Å²) in [5, 5.41) is 0. The lowest BCUT2D eigenvalue weighted by atomic mass is 9.67. The Kier molecular flexibility index (Phi) is 3.48. The lowest BCUT2D eigenvalue weighted by molar-refractivity contribution is -0.147. The third-order valence-corrected chi connectivity index (χ3v) is 2.24. The predicted octanol–water partition coefficient (Wildman–Crippen LogP) is -0.946. The number of halogens is 1. The van der Waals surface area contributed by atoms with Crippen molar-refractivity contribution in [1.29, 1.82) is 0 Å². The Morgan fingerprint density at radius 3 is 1.92 bits per heavy atom. The van der Waals surface area contributed by atoms with Crippen molar-refractivity contribution in [1.82, 2.24) is 5.43 Å². The zero-order valence-corrected chi connectivity index (χ0v) is 7.32. The average molecular weight is 194 g/mol. The normalized spacial score (nSPS) is 18.4. The fraction of sp³-hybridized carbons (Fsp3) is 0.667. The van der Waals surface area contributed by atoms with Crippen molar-refractivity contribution in [2.45, 2.75) is 19.3 Å². The van der Waals surface area contributed by atoms with Crippen LogP contribution < -0.4 is 17.0 Å². The summed E-state index contributed by atoms with van der Waals surface area (Å²) in [6.45, 7) is 0. The molecule has 0 aliphatic heterocycles. The molecule has 0 aromatic rings. The minimum absolute atomic E-state index is 0. The monoisotopic (exact) mass is 193 g/mol. The molecule has 0 atom stereocenters. The maximum absolute atomic E-state index is 11.0. The summed E-state index contributed by atoms with van der Waals surface area (Å²) < 4.78 is 0. The van der Waals surface area contributed by atoms with Crippen molar-refractivity contribution in [3.63, 3.8) is 0 Å². The number of primary amides is 1. The Bertz CT molecular complexity index is 203. The van der Waals surface area contributed by atoms with E-state index in [4.69, 9.17) is 11.6 Å². The standard InChI is InChI=1S/C6H11N3O2.ClH/c7-4(10)6(2-1-3-6)5(11)9-8;/h1-3,8H2,(H2,7,10)(H,9,11);1H. The van der Waals surface area contributed by atoms with Gasteiger partial charge in [0.25, 0.3) is 0 Å². The van der Waals surface area contributed by atoms with Crippen molar-refractivity contribution < 1.29 is 9.59 Å². The summed E-state index contributed by atoms with van der Waals surface area (Å²) in [5.41, 5.74) is 6.00. The molecule has 1 aliphatic carbocycles. The Morgan fingerprint density at radius 2 is 1.83 bits per heavy atom. The number of amides is 2. The largest absolute Gasteiger partial charge is 0.369 e. The van der Waals surface area contributed by atoms with Crippen LogP contribution in [0.15, 0.2) is 0 Å². The van der Waals surface area contributed by atoms with Crippen LogP contribution in [0.1, 0.15) is 19.3 Å². The second kappa shape index (κ2) is 3.73. The van der Waals surface area contributed by atoms with Gasteiger partial charge in [0.2, 0.25) is 11.8 Å². The molecular formula is C6H12ClN3O2. The summed E-state index contributed by atoms with van der Waals surface area (Å²) in [7, 11) is 0. The Hall–Kier alpha value is -0.810. The van der Waals surface area contributed by atoms with E-state index in [1.165, 1.54) is 0 Å². The van der Waals surface area contributed by atoms with Gasteiger partial charge in [0, 0.05) is 0 Å². The second-order valence-corrected chi connectivity index (χ2v) is 2.77. The van der Waals surface area contributed by atoms with Gasteiger partial charge in [0.1, 0.15) is 5.41 Å². The van der Waals surface area contributed by atoms with Crippen LogP contribution in [0, 0.1) is 5.41 Å². The molecule has 0 radical (unpaired) electrons. The highest BCUT2D eigenvalue weighted by atomic mass is 35.5. The summed E-state index contributed by atoms with van der Waals surface area (Å²) in [4.78, 5) is 21.8. The summed E-state index contributed by atoms with van der Waals surface area (Å²) in [6, 6.07) is 0. The van der Waals surface area contributed by atoms with Gasteiger partial charge in [-0.2, -0.15) is 0 Å². The van der Waals surface area contributed by atoms with Crippen molar-refractivity contribution in [2.75, 3.05) is 0 Å². The van der Waals surface area contributed by atoms with E-state index in [2.05, 4.69) is 0 Å². The number of rotatable bonds is 2. The van der Waals surface area contributed by atoms with E-state index < -0.39 is 17.2 Å². The molecule has 0 saturated heterocycles. The van der Waals surface area contributed by atoms with Crippen LogP contribution in [0.25, 0.3) is 0 Å². The number of hydrazine groups is 1. The minimum Gasteiger partial charge on any atom is -0.369 e. The molecule has 1 saturated carbocycles. The van der Waals surface area contributed by atoms with Crippen molar-refractivity contribution in [2.24, 2.45) is 17.0 Å². The van der Waals surface area contributed by atoms with Crippen LogP contribution in [-0.2, 0) is 9.59 Å².